The lowest BCUT2D eigenvalue weighted by Gasteiger charge is -2.05. The SMILES string of the molecule is CCCCC(=O)NCc1ccccc1F. The van der Waals surface area contributed by atoms with Gasteiger partial charge in [0.25, 0.3) is 0 Å². The Hall–Kier alpha value is -1.38. The Balaban J connectivity index is 2.37. The molecule has 0 aliphatic heterocycles. The molecule has 0 bridgehead atoms. The van der Waals surface area contributed by atoms with E-state index >= 15 is 0 Å². The summed E-state index contributed by atoms with van der Waals surface area (Å²) in [6, 6.07) is 6.47. The third kappa shape index (κ3) is 4.11. The molecular formula is C12H16FNO. The van der Waals surface area contributed by atoms with Crippen molar-refractivity contribution >= 4 is 5.91 Å². The highest BCUT2D eigenvalue weighted by Crippen LogP contribution is 2.05. The van der Waals surface area contributed by atoms with Crippen molar-refractivity contribution in [3.63, 3.8) is 0 Å². The topological polar surface area (TPSA) is 29.1 Å². The summed E-state index contributed by atoms with van der Waals surface area (Å²) in [5, 5.41) is 2.70. The summed E-state index contributed by atoms with van der Waals surface area (Å²) in [6.07, 6.45) is 2.39. The predicted octanol–water partition coefficient (Wildman–Crippen LogP) is 2.63. The zero-order valence-corrected chi connectivity index (χ0v) is 8.92. The molecule has 0 aliphatic rings. The van der Waals surface area contributed by atoms with Crippen LogP contribution in [0.4, 0.5) is 4.39 Å². The van der Waals surface area contributed by atoms with Crippen LogP contribution in [-0.2, 0) is 11.3 Å². The van der Waals surface area contributed by atoms with Crippen LogP contribution in [0.3, 0.4) is 0 Å². The van der Waals surface area contributed by atoms with Crippen molar-refractivity contribution in [2.75, 3.05) is 0 Å². The van der Waals surface area contributed by atoms with Gasteiger partial charge in [0.2, 0.25) is 5.91 Å². The fraction of sp³-hybridized carbons (Fsp3) is 0.417. The van der Waals surface area contributed by atoms with E-state index in [1.54, 1.807) is 18.2 Å². The maximum absolute atomic E-state index is 13.1. The number of carbonyl (C=O) groups is 1. The lowest BCUT2D eigenvalue weighted by atomic mass is 10.2. The Morgan fingerprint density at radius 3 is 2.80 bits per heavy atom. The Morgan fingerprint density at radius 2 is 2.13 bits per heavy atom. The first-order valence-corrected chi connectivity index (χ1v) is 5.24. The number of hydrogen-bond acceptors (Lipinski definition) is 1. The molecule has 0 radical (unpaired) electrons. The lowest BCUT2D eigenvalue weighted by Crippen LogP contribution is -2.22. The van der Waals surface area contributed by atoms with Gasteiger partial charge in [-0.05, 0) is 12.5 Å². The third-order valence-electron chi connectivity index (χ3n) is 2.19. The van der Waals surface area contributed by atoms with Gasteiger partial charge < -0.3 is 5.32 Å². The normalized spacial score (nSPS) is 10.0. The summed E-state index contributed by atoms with van der Waals surface area (Å²) >= 11 is 0. The predicted molar refractivity (Wildman–Crippen MR) is 57.8 cm³/mol. The van der Waals surface area contributed by atoms with E-state index in [0.717, 1.165) is 12.8 Å². The maximum atomic E-state index is 13.1. The molecule has 0 spiro atoms. The van der Waals surface area contributed by atoms with Crippen LogP contribution in [0.15, 0.2) is 24.3 Å². The number of unbranched alkanes of at least 4 members (excludes halogenated alkanes) is 1. The Morgan fingerprint density at radius 1 is 1.40 bits per heavy atom. The number of hydrogen-bond donors (Lipinski definition) is 1. The molecule has 1 N–H and O–H groups in total. The van der Waals surface area contributed by atoms with Gasteiger partial charge in [-0.25, -0.2) is 4.39 Å². The van der Waals surface area contributed by atoms with Gasteiger partial charge in [-0.1, -0.05) is 31.5 Å². The van der Waals surface area contributed by atoms with E-state index in [2.05, 4.69) is 5.32 Å². The quantitative estimate of drug-likeness (QED) is 0.793. The molecule has 1 amide bonds. The zero-order chi connectivity index (χ0) is 11.1. The van der Waals surface area contributed by atoms with Gasteiger partial charge in [0.1, 0.15) is 5.82 Å². The average Bonchev–Trinajstić information content (AvgIpc) is 2.25. The van der Waals surface area contributed by atoms with Crippen LogP contribution in [0.5, 0.6) is 0 Å². The molecule has 15 heavy (non-hydrogen) atoms. The van der Waals surface area contributed by atoms with Gasteiger partial charge in [0.05, 0.1) is 0 Å². The summed E-state index contributed by atoms with van der Waals surface area (Å²) in [4.78, 5) is 11.3. The number of nitrogens with one attached hydrogen (secondary N) is 1. The van der Waals surface area contributed by atoms with Crippen LogP contribution >= 0.6 is 0 Å². The molecule has 0 saturated carbocycles. The van der Waals surface area contributed by atoms with Gasteiger partial charge in [0.15, 0.2) is 0 Å². The van der Waals surface area contributed by atoms with Gasteiger partial charge in [-0.2, -0.15) is 0 Å². The van der Waals surface area contributed by atoms with Crippen molar-refractivity contribution in [2.45, 2.75) is 32.7 Å². The van der Waals surface area contributed by atoms with E-state index < -0.39 is 0 Å². The van der Waals surface area contributed by atoms with Gasteiger partial charge >= 0.3 is 0 Å². The first-order valence-electron chi connectivity index (χ1n) is 5.24. The monoisotopic (exact) mass is 209 g/mol. The van der Waals surface area contributed by atoms with E-state index in [9.17, 15) is 9.18 Å². The summed E-state index contributed by atoms with van der Waals surface area (Å²) in [7, 11) is 0. The minimum atomic E-state index is -0.270. The Labute approximate surface area is 89.5 Å². The van der Waals surface area contributed by atoms with Crippen LogP contribution in [0.1, 0.15) is 31.7 Å². The highest BCUT2D eigenvalue weighted by Gasteiger charge is 2.03. The molecule has 0 heterocycles. The molecule has 1 aromatic carbocycles. The second-order valence-electron chi connectivity index (χ2n) is 3.47. The largest absolute Gasteiger partial charge is 0.352 e. The summed E-state index contributed by atoms with van der Waals surface area (Å²) in [5.41, 5.74) is 0.530. The molecule has 3 heteroatoms. The number of halogens is 1. The fourth-order valence-electron chi connectivity index (χ4n) is 1.26. The summed E-state index contributed by atoms with van der Waals surface area (Å²) in [6.45, 7) is 2.30. The third-order valence-corrected chi connectivity index (χ3v) is 2.19. The van der Waals surface area contributed by atoms with E-state index in [-0.39, 0.29) is 18.3 Å². The van der Waals surface area contributed by atoms with Gasteiger partial charge in [-0.3, -0.25) is 4.79 Å². The standard InChI is InChI=1S/C12H16FNO/c1-2-3-8-12(15)14-9-10-6-4-5-7-11(10)13/h4-7H,2-3,8-9H2,1H3,(H,14,15). The minimum Gasteiger partial charge on any atom is -0.352 e. The number of rotatable bonds is 5. The van der Waals surface area contributed by atoms with E-state index in [0.29, 0.717) is 12.0 Å². The lowest BCUT2D eigenvalue weighted by molar-refractivity contribution is -0.121. The van der Waals surface area contributed by atoms with Gasteiger partial charge in [0, 0.05) is 18.5 Å². The molecule has 0 aliphatic carbocycles. The second kappa shape index (κ2) is 6.17. The maximum Gasteiger partial charge on any atom is 0.220 e. The van der Waals surface area contributed by atoms with Crippen molar-refractivity contribution in [1.29, 1.82) is 0 Å². The van der Waals surface area contributed by atoms with E-state index in [1.807, 2.05) is 6.92 Å². The van der Waals surface area contributed by atoms with Crippen molar-refractivity contribution < 1.29 is 9.18 Å². The first kappa shape index (κ1) is 11.7. The molecule has 2 nitrogen and oxygen atoms in total. The minimum absolute atomic E-state index is 0.0138. The molecule has 0 atom stereocenters. The number of amides is 1. The summed E-state index contributed by atoms with van der Waals surface area (Å²) < 4.78 is 13.1. The van der Waals surface area contributed by atoms with Crippen molar-refractivity contribution in [3.05, 3.63) is 35.6 Å². The van der Waals surface area contributed by atoms with Crippen LogP contribution < -0.4 is 5.32 Å². The molecule has 1 rings (SSSR count). The van der Waals surface area contributed by atoms with Crippen molar-refractivity contribution in [3.8, 4) is 0 Å². The van der Waals surface area contributed by atoms with Crippen molar-refractivity contribution in [1.82, 2.24) is 5.32 Å². The smallest absolute Gasteiger partial charge is 0.220 e. The Bertz CT molecular complexity index is 325. The summed E-state index contributed by atoms with van der Waals surface area (Å²) in [5.74, 6) is -0.284. The molecule has 1 aromatic rings. The molecule has 82 valence electrons. The molecule has 0 aromatic heterocycles. The van der Waals surface area contributed by atoms with Gasteiger partial charge in [-0.15, -0.1) is 0 Å². The van der Waals surface area contributed by atoms with Crippen LogP contribution in [0, 0.1) is 5.82 Å². The number of benzene rings is 1. The van der Waals surface area contributed by atoms with Crippen LogP contribution in [0.2, 0.25) is 0 Å². The first-order chi connectivity index (χ1) is 7.24. The highest BCUT2D eigenvalue weighted by atomic mass is 19.1. The van der Waals surface area contributed by atoms with E-state index in [4.69, 9.17) is 0 Å². The Kier molecular flexibility index (Phi) is 4.81. The van der Waals surface area contributed by atoms with Crippen LogP contribution in [-0.4, -0.2) is 5.91 Å². The van der Waals surface area contributed by atoms with Crippen LogP contribution in [0.25, 0.3) is 0 Å². The second-order valence-corrected chi connectivity index (χ2v) is 3.47. The molecular weight excluding hydrogens is 193 g/mol. The highest BCUT2D eigenvalue weighted by molar-refractivity contribution is 5.75. The average molecular weight is 209 g/mol. The van der Waals surface area contributed by atoms with Crippen molar-refractivity contribution in [2.24, 2.45) is 0 Å². The molecule has 0 unspecified atom stereocenters. The molecule has 0 fully saturated rings. The zero-order valence-electron chi connectivity index (χ0n) is 8.92. The molecule has 0 saturated heterocycles. The van der Waals surface area contributed by atoms with E-state index in [1.165, 1.54) is 6.07 Å². The fourth-order valence-corrected chi connectivity index (χ4v) is 1.26. The number of carbonyl (C=O) groups excluding carboxylic acids is 1.